The number of nitrogens with one attached hydrogen (secondary N) is 2. The van der Waals surface area contributed by atoms with Gasteiger partial charge < -0.3 is 10.6 Å². The standard InChI is InChI=1S/C20H16ClN3O2/c1-13-6-2-3-7-15(13)19(25)24-17-10-9-14(12-16(17)21)23-20(26)18-8-4-5-11-22-18/h2-12H,1H3,(H,23,26)(H,24,25). The minimum atomic E-state index is -0.335. The van der Waals surface area contributed by atoms with Gasteiger partial charge in [-0.15, -0.1) is 0 Å². The third-order valence-electron chi connectivity index (χ3n) is 3.76. The van der Waals surface area contributed by atoms with Crippen LogP contribution in [0.4, 0.5) is 11.4 Å². The van der Waals surface area contributed by atoms with Gasteiger partial charge in [0.15, 0.2) is 0 Å². The van der Waals surface area contributed by atoms with E-state index >= 15 is 0 Å². The molecular weight excluding hydrogens is 350 g/mol. The third kappa shape index (κ3) is 4.07. The summed E-state index contributed by atoms with van der Waals surface area (Å²) >= 11 is 6.25. The molecule has 3 rings (SSSR count). The Balaban J connectivity index is 1.73. The van der Waals surface area contributed by atoms with Gasteiger partial charge in [-0.2, -0.15) is 0 Å². The summed E-state index contributed by atoms with van der Waals surface area (Å²) in [5.41, 5.74) is 2.74. The Morgan fingerprint density at radius 1 is 0.923 bits per heavy atom. The molecule has 0 spiro atoms. The van der Waals surface area contributed by atoms with E-state index in [0.717, 1.165) is 5.56 Å². The van der Waals surface area contributed by atoms with Crippen LogP contribution >= 0.6 is 11.6 Å². The molecule has 130 valence electrons. The van der Waals surface area contributed by atoms with Gasteiger partial charge >= 0.3 is 0 Å². The molecular formula is C20H16ClN3O2. The van der Waals surface area contributed by atoms with Gasteiger partial charge in [-0.25, -0.2) is 0 Å². The number of aromatic nitrogens is 1. The predicted molar refractivity (Wildman–Crippen MR) is 103 cm³/mol. The summed E-state index contributed by atoms with van der Waals surface area (Å²) in [6.07, 6.45) is 1.55. The number of benzene rings is 2. The number of hydrogen-bond donors (Lipinski definition) is 2. The van der Waals surface area contributed by atoms with Crippen molar-refractivity contribution in [2.24, 2.45) is 0 Å². The number of pyridine rings is 1. The Labute approximate surface area is 156 Å². The number of carbonyl (C=O) groups excluding carboxylic acids is 2. The van der Waals surface area contributed by atoms with E-state index in [-0.39, 0.29) is 11.8 Å². The summed E-state index contributed by atoms with van der Waals surface area (Å²) in [5, 5.41) is 5.83. The topological polar surface area (TPSA) is 71.1 Å². The predicted octanol–water partition coefficient (Wildman–Crippen LogP) is 4.55. The lowest BCUT2D eigenvalue weighted by molar-refractivity contribution is 0.101. The van der Waals surface area contributed by atoms with Gasteiger partial charge in [0.25, 0.3) is 11.8 Å². The van der Waals surface area contributed by atoms with Crippen LogP contribution in [0.25, 0.3) is 0 Å². The molecule has 2 aromatic carbocycles. The fraction of sp³-hybridized carbons (Fsp3) is 0.0500. The molecule has 1 aromatic heterocycles. The Morgan fingerprint density at radius 2 is 1.69 bits per heavy atom. The normalized spacial score (nSPS) is 10.2. The SMILES string of the molecule is Cc1ccccc1C(=O)Nc1ccc(NC(=O)c2ccccn2)cc1Cl. The van der Waals surface area contributed by atoms with Crippen LogP contribution in [-0.2, 0) is 0 Å². The highest BCUT2D eigenvalue weighted by atomic mass is 35.5. The van der Waals surface area contributed by atoms with Gasteiger partial charge in [-0.1, -0.05) is 35.9 Å². The van der Waals surface area contributed by atoms with Crippen molar-refractivity contribution < 1.29 is 9.59 Å². The summed E-state index contributed by atoms with van der Waals surface area (Å²) in [6.45, 7) is 1.87. The quantitative estimate of drug-likeness (QED) is 0.712. The number of carbonyl (C=O) groups is 2. The average molecular weight is 366 g/mol. The second kappa shape index (κ2) is 7.80. The Hall–Kier alpha value is -3.18. The van der Waals surface area contributed by atoms with Crippen molar-refractivity contribution in [3.8, 4) is 0 Å². The number of hydrogen-bond acceptors (Lipinski definition) is 3. The Kier molecular flexibility index (Phi) is 5.29. The van der Waals surface area contributed by atoms with Gasteiger partial charge in [-0.05, 0) is 48.9 Å². The van der Waals surface area contributed by atoms with Crippen LogP contribution in [0.3, 0.4) is 0 Å². The van der Waals surface area contributed by atoms with E-state index in [9.17, 15) is 9.59 Å². The third-order valence-corrected chi connectivity index (χ3v) is 4.08. The van der Waals surface area contributed by atoms with E-state index in [2.05, 4.69) is 15.6 Å². The number of rotatable bonds is 4. The van der Waals surface area contributed by atoms with Crippen LogP contribution < -0.4 is 10.6 Å². The molecule has 1 heterocycles. The van der Waals surface area contributed by atoms with Gasteiger partial charge in [0.2, 0.25) is 0 Å². The van der Waals surface area contributed by atoms with Crippen molar-refractivity contribution in [2.75, 3.05) is 10.6 Å². The molecule has 0 atom stereocenters. The van der Waals surface area contributed by atoms with E-state index in [0.29, 0.717) is 27.7 Å². The van der Waals surface area contributed by atoms with Crippen molar-refractivity contribution in [2.45, 2.75) is 6.92 Å². The van der Waals surface area contributed by atoms with Crippen LogP contribution in [0.2, 0.25) is 5.02 Å². The zero-order valence-electron chi connectivity index (χ0n) is 14.0. The Morgan fingerprint density at radius 3 is 2.38 bits per heavy atom. The first-order valence-corrected chi connectivity index (χ1v) is 8.31. The summed E-state index contributed by atoms with van der Waals surface area (Å²) in [7, 11) is 0. The molecule has 3 aromatic rings. The lowest BCUT2D eigenvalue weighted by Crippen LogP contribution is -2.15. The first kappa shape index (κ1) is 17.6. The highest BCUT2D eigenvalue weighted by Gasteiger charge is 2.12. The van der Waals surface area contributed by atoms with E-state index in [1.807, 2.05) is 19.1 Å². The summed E-state index contributed by atoms with van der Waals surface area (Å²) in [4.78, 5) is 28.5. The zero-order valence-corrected chi connectivity index (χ0v) is 14.7. The lowest BCUT2D eigenvalue weighted by Gasteiger charge is -2.11. The largest absolute Gasteiger partial charge is 0.321 e. The van der Waals surface area contributed by atoms with Crippen molar-refractivity contribution >= 4 is 34.8 Å². The summed E-state index contributed by atoms with van der Waals surface area (Å²) < 4.78 is 0. The maximum absolute atomic E-state index is 12.4. The maximum atomic E-state index is 12.4. The molecule has 2 amide bonds. The second-order valence-electron chi connectivity index (χ2n) is 5.63. The monoisotopic (exact) mass is 365 g/mol. The number of anilines is 2. The molecule has 26 heavy (non-hydrogen) atoms. The second-order valence-corrected chi connectivity index (χ2v) is 6.04. The number of amides is 2. The molecule has 0 bridgehead atoms. The van der Waals surface area contributed by atoms with Crippen LogP contribution in [0.15, 0.2) is 66.9 Å². The summed E-state index contributed by atoms with van der Waals surface area (Å²) in [5.74, 6) is -0.575. The van der Waals surface area contributed by atoms with Crippen molar-refractivity contribution in [1.29, 1.82) is 0 Å². The average Bonchev–Trinajstić information content (AvgIpc) is 2.65. The van der Waals surface area contributed by atoms with Crippen LogP contribution in [0.1, 0.15) is 26.4 Å². The Bertz CT molecular complexity index is 958. The van der Waals surface area contributed by atoms with E-state index in [1.165, 1.54) is 0 Å². The molecule has 5 nitrogen and oxygen atoms in total. The van der Waals surface area contributed by atoms with Gasteiger partial charge in [0.1, 0.15) is 5.69 Å². The molecule has 0 unspecified atom stereocenters. The van der Waals surface area contributed by atoms with E-state index < -0.39 is 0 Å². The van der Waals surface area contributed by atoms with Crippen molar-refractivity contribution in [1.82, 2.24) is 4.98 Å². The smallest absolute Gasteiger partial charge is 0.274 e. The lowest BCUT2D eigenvalue weighted by atomic mass is 10.1. The number of aryl methyl sites for hydroxylation is 1. The maximum Gasteiger partial charge on any atom is 0.274 e. The fourth-order valence-corrected chi connectivity index (χ4v) is 2.63. The van der Waals surface area contributed by atoms with Crippen molar-refractivity contribution in [3.05, 3.63) is 88.7 Å². The molecule has 0 radical (unpaired) electrons. The van der Waals surface area contributed by atoms with Gasteiger partial charge in [-0.3, -0.25) is 14.6 Å². The number of halogens is 1. The van der Waals surface area contributed by atoms with E-state index in [4.69, 9.17) is 11.6 Å². The van der Waals surface area contributed by atoms with Gasteiger partial charge in [0.05, 0.1) is 10.7 Å². The molecule has 0 aliphatic rings. The summed E-state index contributed by atoms with van der Waals surface area (Å²) in [6, 6.07) is 17.3. The number of nitrogens with zero attached hydrogens (tertiary/aromatic N) is 1. The highest BCUT2D eigenvalue weighted by molar-refractivity contribution is 6.34. The van der Waals surface area contributed by atoms with Gasteiger partial charge in [0, 0.05) is 17.4 Å². The van der Waals surface area contributed by atoms with E-state index in [1.54, 1.807) is 54.7 Å². The van der Waals surface area contributed by atoms with Crippen molar-refractivity contribution in [3.63, 3.8) is 0 Å². The molecule has 0 saturated carbocycles. The molecule has 0 fully saturated rings. The minimum absolute atomic E-state index is 0.240. The van der Waals surface area contributed by atoms with Crippen LogP contribution in [-0.4, -0.2) is 16.8 Å². The van der Waals surface area contributed by atoms with Crippen LogP contribution in [0, 0.1) is 6.92 Å². The highest BCUT2D eigenvalue weighted by Crippen LogP contribution is 2.26. The first-order chi connectivity index (χ1) is 12.5. The molecule has 6 heteroatoms. The molecule has 0 aliphatic heterocycles. The zero-order chi connectivity index (χ0) is 18.5. The molecule has 0 saturated heterocycles. The first-order valence-electron chi connectivity index (χ1n) is 7.93. The molecule has 0 aliphatic carbocycles. The molecule has 2 N–H and O–H groups in total. The minimum Gasteiger partial charge on any atom is -0.321 e. The van der Waals surface area contributed by atoms with Crippen LogP contribution in [0.5, 0.6) is 0 Å². The fourth-order valence-electron chi connectivity index (χ4n) is 2.40.